The molecule has 1 aliphatic carbocycles. The molecule has 27 heavy (non-hydrogen) atoms. The standard InChI is InChI=1S/C22H29N3O2/c1-26-19-8-9-21(27-2)17(12-19)14-25-11-10-20-18(15-25)13-23-22(24-20)16-6-4-3-5-7-16/h8-9,12-13,16H,3-7,10-11,14-15H2,1-2H3. The Kier molecular flexibility index (Phi) is 5.58. The Hall–Kier alpha value is -2.14. The number of nitrogens with zero attached hydrogens (tertiary/aromatic N) is 3. The molecule has 0 atom stereocenters. The van der Waals surface area contributed by atoms with Crippen molar-refractivity contribution in [3.63, 3.8) is 0 Å². The van der Waals surface area contributed by atoms with E-state index in [1.807, 2.05) is 12.1 Å². The second-order valence-electron chi connectivity index (χ2n) is 7.67. The van der Waals surface area contributed by atoms with Gasteiger partial charge in [-0.2, -0.15) is 0 Å². The van der Waals surface area contributed by atoms with Crippen LogP contribution in [0.15, 0.2) is 24.4 Å². The molecule has 0 N–H and O–H groups in total. The number of hydrogen-bond donors (Lipinski definition) is 0. The van der Waals surface area contributed by atoms with Gasteiger partial charge in [0.25, 0.3) is 0 Å². The molecule has 1 aromatic carbocycles. The van der Waals surface area contributed by atoms with Crippen LogP contribution >= 0.6 is 0 Å². The van der Waals surface area contributed by atoms with Crippen LogP contribution in [-0.2, 0) is 19.5 Å². The highest BCUT2D eigenvalue weighted by molar-refractivity contribution is 5.40. The van der Waals surface area contributed by atoms with E-state index >= 15 is 0 Å². The maximum Gasteiger partial charge on any atom is 0.131 e. The first-order chi connectivity index (χ1) is 13.3. The fourth-order valence-corrected chi connectivity index (χ4v) is 4.33. The largest absolute Gasteiger partial charge is 0.497 e. The molecule has 4 rings (SSSR count). The summed E-state index contributed by atoms with van der Waals surface area (Å²) in [5, 5.41) is 0. The fourth-order valence-electron chi connectivity index (χ4n) is 4.33. The molecular formula is C22H29N3O2. The van der Waals surface area contributed by atoms with E-state index in [-0.39, 0.29) is 0 Å². The topological polar surface area (TPSA) is 47.5 Å². The molecule has 0 amide bonds. The van der Waals surface area contributed by atoms with E-state index in [1.54, 1.807) is 14.2 Å². The number of fused-ring (bicyclic) bond motifs is 1. The van der Waals surface area contributed by atoms with Crippen molar-refractivity contribution in [2.75, 3.05) is 20.8 Å². The molecule has 2 heterocycles. The van der Waals surface area contributed by atoms with E-state index in [1.165, 1.54) is 43.4 Å². The SMILES string of the molecule is COc1ccc(OC)c(CN2CCc3nc(C4CCCCC4)ncc3C2)c1. The van der Waals surface area contributed by atoms with E-state index in [0.717, 1.165) is 48.9 Å². The van der Waals surface area contributed by atoms with Crippen LogP contribution in [0.25, 0.3) is 0 Å². The Morgan fingerprint density at radius 1 is 1.11 bits per heavy atom. The Labute approximate surface area is 161 Å². The zero-order chi connectivity index (χ0) is 18.6. The third kappa shape index (κ3) is 4.08. The number of aromatic nitrogens is 2. The minimum absolute atomic E-state index is 0.572. The van der Waals surface area contributed by atoms with Gasteiger partial charge in [0.15, 0.2) is 0 Å². The van der Waals surface area contributed by atoms with Crippen molar-refractivity contribution < 1.29 is 9.47 Å². The monoisotopic (exact) mass is 367 g/mol. The number of rotatable bonds is 5. The van der Waals surface area contributed by atoms with Gasteiger partial charge in [-0.25, -0.2) is 9.97 Å². The van der Waals surface area contributed by atoms with Gasteiger partial charge in [-0.15, -0.1) is 0 Å². The summed E-state index contributed by atoms with van der Waals surface area (Å²) in [5.74, 6) is 3.42. The third-order valence-electron chi connectivity index (χ3n) is 5.88. The predicted molar refractivity (Wildman–Crippen MR) is 105 cm³/mol. The minimum Gasteiger partial charge on any atom is -0.497 e. The van der Waals surface area contributed by atoms with E-state index in [9.17, 15) is 0 Å². The van der Waals surface area contributed by atoms with Gasteiger partial charge in [-0.05, 0) is 31.0 Å². The molecule has 0 radical (unpaired) electrons. The average molecular weight is 367 g/mol. The molecule has 2 aromatic rings. The highest BCUT2D eigenvalue weighted by Crippen LogP contribution is 2.32. The molecule has 0 bridgehead atoms. The summed E-state index contributed by atoms with van der Waals surface area (Å²) < 4.78 is 10.9. The molecule has 0 spiro atoms. The van der Waals surface area contributed by atoms with Crippen LogP contribution in [0.4, 0.5) is 0 Å². The molecule has 1 fully saturated rings. The smallest absolute Gasteiger partial charge is 0.131 e. The first-order valence-electron chi connectivity index (χ1n) is 10.0. The number of hydrogen-bond acceptors (Lipinski definition) is 5. The van der Waals surface area contributed by atoms with Crippen molar-refractivity contribution >= 4 is 0 Å². The maximum absolute atomic E-state index is 5.53. The lowest BCUT2D eigenvalue weighted by Gasteiger charge is -2.29. The first-order valence-corrected chi connectivity index (χ1v) is 10.0. The Balaban J connectivity index is 1.47. The average Bonchev–Trinajstić information content (AvgIpc) is 2.74. The predicted octanol–water partition coefficient (Wildman–Crippen LogP) is 4.10. The van der Waals surface area contributed by atoms with Crippen molar-refractivity contribution in [3.05, 3.63) is 47.0 Å². The van der Waals surface area contributed by atoms with Crippen LogP contribution in [0, 0.1) is 0 Å². The molecule has 1 saturated carbocycles. The summed E-state index contributed by atoms with van der Waals surface area (Å²) in [6.45, 7) is 2.74. The quantitative estimate of drug-likeness (QED) is 0.796. The number of methoxy groups -OCH3 is 2. The van der Waals surface area contributed by atoms with Crippen molar-refractivity contribution in [2.24, 2.45) is 0 Å². The van der Waals surface area contributed by atoms with Crippen LogP contribution in [0.2, 0.25) is 0 Å². The van der Waals surface area contributed by atoms with Crippen molar-refractivity contribution in [1.82, 2.24) is 14.9 Å². The van der Waals surface area contributed by atoms with Crippen LogP contribution < -0.4 is 9.47 Å². The summed E-state index contributed by atoms with van der Waals surface area (Å²) in [6.07, 6.45) is 9.57. The van der Waals surface area contributed by atoms with E-state index in [2.05, 4.69) is 17.2 Å². The van der Waals surface area contributed by atoms with Crippen LogP contribution in [0.1, 0.15) is 60.7 Å². The lowest BCUT2D eigenvalue weighted by molar-refractivity contribution is 0.238. The fraction of sp³-hybridized carbons (Fsp3) is 0.545. The van der Waals surface area contributed by atoms with Gasteiger partial charge in [-0.1, -0.05) is 19.3 Å². The van der Waals surface area contributed by atoms with Crippen molar-refractivity contribution in [3.8, 4) is 11.5 Å². The van der Waals surface area contributed by atoms with Crippen LogP contribution in [0.5, 0.6) is 11.5 Å². The van der Waals surface area contributed by atoms with Gasteiger partial charge in [0, 0.05) is 55.0 Å². The lowest BCUT2D eigenvalue weighted by Crippen LogP contribution is -2.31. The van der Waals surface area contributed by atoms with Gasteiger partial charge in [0.2, 0.25) is 0 Å². The summed E-state index contributed by atoms with van der Waals surface area (Å²) >= 11 is 0. The zero-order valence-corrected chi connectivity index (χ0v) is 16.4. The molecule has 0 saturated heterocycles. The van der Waals surface area contributed by atoms with Gasteiger partial charge >= 0.3 is 0 Å². The number of benzene rings is 1. The lowest BCUT2D eigenvalue weighted by atomic mass is 9.88. The third-order valence-corrected chi connectivity index (χ3v) is 5.88. The molecule has 1 aromatic heterocycles. The molecule has 0 unspecified atom stereocenters. The molecular weight excluding hydrogens is 338 g/mol. The van der Waals surface area contributed by atoms with Crippen molar-refractivity contribution in [2.45, 2.75) is 57.5 Å². The molecule has 144 valence electrons. The summed E-state index contributed by atoms with van der Waals surface area (Å²) in [5.41, 5.74) is 3.67. The molecule has 5 nitrogen and oxygen atoms in total. The second kappa shape index (κ2) is 8.26. The summed E-state index contributed by atoms with van der Waals surface area (Å²) in [4.78, 5) is 12.1. The van der Waals surface area contributed by atoms with Crippen LogP contribution in [-0.4, -0.2) is 35.6 Å². The zero-order valence-electron chi connectivity index (χ0n) is 16.4. The maximum atomic E-state index is 5.53. The van der Waals surface area contributed by atoms with Gasteiger partial charge in [0.1, 0.15) is 17.3 Å². The Morgan fingerprint density at radius 3 is 2.74 bits per heavy atom. The van der Waals surface area contributed by atoms with Gasteiger partial charge < -0.3 is 9.47 Å². The number of ether oxygens (including phenoxy) is 2. The van der Waals surface area contributed by atoms with E-state index < -0.39 is 0 Å². The highest BCUT2D eigenvalue weighted by Gasteiger charge is 2.23. The van der Waals surface area contributed by atoms with E-state index in [4.69, 9.17) is 19.4 Å². The van der Waals surface area contributed by atoms with Gasteiger partial charge in [0.05, 0.1) is 14.2 Å². The summed E-state index contributed by atoms with van der Waals surface area (Å²) in [7, 11) is 3.42. The minimum atomic E-state index is 0.572. The first kappa shape index (κ1) is 18.2. The second-order valence-corrected chi connectivity index (χ2v) is 7.67. The van der Waals surface area contributed by atoms with Gasteiger partial charge in [-0.3, -0.25) is 4.90 Å². The molecule has 1 aliphatic heterocycles. The van der Waals surface area contributed by atoms with E-state index in [0.29, 0.717) is 5.92 Å². The highest BCUT2D eigenvalue weighted by atomic mass is 16.5. The van der Waals surface area contributed by atoms with Crippen LogP contribution in [0.3, 0.4) is 0 Å². The van der Waals surface area contributed by atoms with Crippen molar-refractivity contribution in [1.29, 1.82) is 0 Å². The Morgan fingerprint density at radius 2 is 1.96 bits per heavy atom. The molecule has 5 heteroatoms. The summed E-state index contributed by atoms with van der Waals surface area (Å²) in [6, 6.07) is 5.98. The Bertz CT molecular complexity index is 787. The molecule has 2 aliphatic rings. The normalized spacial score (nSPS) is 18.1.